The highest BCUT2D eigenvalue weighted by atomic mass is 79.9. The molecule has 0 unspecified atom stereocenters. The van der Waals surface area contributed by atoms with Crippen molar-refractivity contribution in [1.29, 1.82) is 0 Å². The van der Waals surface area contributed by atoms with Crippen LogP contribution in [0.15, 0.2) is 28.7 Å². The lowest BCUT2D eigenvalue weighted by atomic mass is 9.80. The average Bonchev–Trinajstić information content (AvgIpc) is 2.23. The number of hydrogen-bond acceptors (Lipinski definition) is 2. The van der Waals surface area contributed by atoms with E-state index in [-0.39, 0.29) is 17.9 Å². The highest BCUT2D eigenvalue weighted by Gasteiger charge is 2.31. The first-order chi connectivity index (χ1) is 7.66. The molecule has 1 aromatic rings. The first-order valence-electron chi connectivity index (χ1n) is 5.43. The number of amides is 1. The van der Waals surface area contributed by atoms with Crippen molar-refractivity contribution >= 4 is 21.8 Å². The predicted octanol–water partition coefficient (Wildman–Crippen LogP) is 1.80. The molecule has 1 amide bonds. The lowest BCUT2D eigenvalue weighted by Gasteiger charge is -2.31. The minimum Gasteiger partial charge on any atom is -0.352 e. The molecule has 16 heavy (non-hydrogen) atoms. The molecule has 0 aliphatic heterocycles. The van der Waals surface area contributed by atoms with Gasteiger partial charge in [0.2, 0.25) is 5.91 Å². The maximum absolute atomic E-state index is 11.7. The summed E-state index contributed by atoms with van der Waals surface area (Å²) in [6.07, 6.45) is 1.64. The van der Waals surface area contributed by atoms with Gasteiger partial charge in [-0.15, -0.1) is 0 Å². The van der Waals surface area contributed by atoms with E-state index in [4.69, 9.17) is 5.73 Å². The van der Waals surface area contributed by atoms with Crippen LogP contribution in [0.1, 0.15) is 18.4 Å². The van der Waals surface area contributed by atoms with E-state index in [1.165, 1.54) is 0 Å². The zero-order valence-electron chi connectivity index (χ0n) is 8.95. The SMILES string of the molecule is NC1CC(C(=O)NCc2ccccc2Br)C1. The molecule has 1 aromatic carbocycles. The van der Waals surface area contributed by atoms with Crippen LogP contribution in [0.4, 0.5) is 0 Å². The van der Waals surface area contributed by atoms with Gasteiger partial charge in [0.25, 0.3) is 0 Å². The molecule has 4 heteroatoms. The van der Waals surface area contributed by atoms with Crippen LogP contribution >= 0.6 is 15.9 Å². The fraction of sp³-hybridized carbons (Fsp3) is 0.417. The predicted molar refractivity (Wildman–Crippen MR) is 66.7 cm³/mol. The lowest BCUT2D eigenvalue weighted by molar-refractivity contribution is -0.128. The molecule has 0 bridgehead atoms. The van der Waals surface area contributed by atoms with Crippen molar-refractivity contribution < 1.29 is 4.79 Å². The molecular weight excluding hydrogens is 268 g/mol. The monoisotopic (exact) mass is 282 g/mol. The van der Waals surface area contributed by atoms with Crippen LogP contribution in [-0.2, 0) is 11.3 Å². The lowest BCUT2D eigenvalue weighted by Crippen LogP contribution is -2.44. The molecular formula is C12H15BrN2O. The van der Waals surface area contributed by atoms with E-state index in [0.717, 1.165) is 22.9 Å². The van der Waals surface area contributed by atoms with Crippen molar-refractivity contribution in [3.8, 4) is 0 Å². The first kappa shape index (κ1) is 11.6. The van der Waals surface area contributed by atoms with Gasteiger partial charge in [0.1, 0.15) is 0 Å². The molecule has 3 nitrogen and oxygen atoms in total. The second kappa shape index (κ2) is 4.97. The van der Waals surface area contributed by atoms with Gasteiger partial charge in [-0.3, -0.25) is 4.79 Å². The van der Waals surface area contributed by atoms with Gasteiger partial charge in [-0.05, 0) is 24.5 Å². The maximum Gasteiger partial charge on any atom is 0.223 e. The van der Waals surface area contributed by atoms with Gasteiger partial charge in [0.05, 0.1) is 0 Å². The van der Waals surface area contributed by atoms with Crippen molar-refractivity contribution in [2.45, 2.75) is 25.4 Å². The van der Waals surface area contributed by atoms with Gasteiger partial charge in [0, 0.05) is 23.0 Å². The summed E-state index contributed by atoms with van der Waals surface area (Å²) in [5.41, 5.74) is 6.75. The minimum absolute atomic E-state index is 0.123. The maximum atomic E-state index is 11.7. The third kappa shape index (κ3) is 2.62. The van der Waals surface area contributed by atoms with Gasteiger partial charge in [0.15, 0.2) is 0 Å². The summed E-state index contributed by atoms with van der Waals surface area (Å²) >= 11 is 3.45. The molecule has 0 aromatic heterocycles. The summed E-state index contributed by atoms with van der Waals surface area (Å²) in [6.45, 7) is 0.575. The van der Waals surface area contributed by atoms with E-state index in [0.29, 0.717) is 6.54 Å². The number of carbonyl (C=O) groups is 1. The zero-order chi connectivity index (χ0) is 11.5. The van der Waals surface area contributed by atoms with Crippen molar-refractivity contribution in [1.82, 2.24) is 5.32 Å². The number of nitrogens with two attached hydrogens (primary N) is 1. The largest absolute Gasteiger partial charge is 0.352 e. The summed E-state index contributed by atoms with van der Waals surface area (Å²) in [4.78, 5) is 11.7. The molecule has 0 atom stereocenters. The topological polar surface area (TPSA) is 55.1 Å². The smallest absolute Gasteiger partial charge is 0.223 e. The van der Waals surface area contributed by atoms with Crippen LogP contribution in [0.5, 0.6) is 0 Å². The molecule has 1 saturated carbocycles. The fourth-order valence-electron chi connectivity index (χ4n) is 1.84. The molecule has 2 rings (SSSR count). The van der Waals surface area contributed by atoms with E-state index in [2.05, 4.69) is 21.2 Å². The third-order valence-corrected chi connectivity index (χ3v) is 3.73. The molecule has 0 heterocycles. The molecule has 0 radical (unpaired) electrons. The van der Waals surface area contributed by atoms with E-state index in [1.807, 2.05) is 24.3 Å². The molecule has 0 spiro atoms. The van der Waals surface area contributed by atoms with Crippen LogP contribution in [0.3, 0.4) is 0 Å². The molecule has 1 aliphatic rings. The van der Waals surface area contributed by atoms with E-state index in [9.17, 15) is 4.79 Å². The van der Waals surface area contributed by atoms with E-state index < -0.39 is 0 Å². The molecule has 1 aliphatic carbocycles. The summed E-state index contributed by atoms with van der Waals surface area (Å²) in [7, 11) is 0. The average molecular weight is 283 g/mol. The minimum atomic E-state index is 0.123. The highest BCUT2D eigenvalue weighted by molar-refractivity contribution is 9.10. The number of nitrogens with one attached hydrogen (secondary N) is 1. The number of hydrogen-bond donors (Lipinski definition) is 2. The van der Waals surface area contributed by atoms with Crippen LogP contribution in [0.2, 0.25) is 0 Å². The van der Waals surface area contributed by atoms with Crippen LogP contribution in [-0.4, -0.2) is 11.9 Å². The van der Waals surface area contributed by atoms with Gasteiger partial charge < -0.3 is 11.1 Å². The van der Waals surface area contributed by atoms with Crippen LogP contribution in [0, 0.1) is 5.92 Å². The number of rotatable bonds is 3. The fourth-order valence-corrected chi connectivity index (χ4v) is 2.27. The Morgan fingerprint density at radius 3 is 2.75 bits per heavy atom. The molecule has 1 fully saturated rings. The standard InChI is InChI=1S/C12H15BrN2O/c13-11-4-2-1-3-8(11)7-15-12(16)9-5-10(14)6-9/h1-4,9-10H,5-7,14H2,(H,15,16). The van der Waals surface area contributed by atoms with Crippen molar-refractivity contribution in [3.63, 3.8) is 0 Å². The van der Waals surface area contributed by atoms with Gasteiger partial charge in [-0.1, -0.05) is 34.1 Å². The molecule has 3 N–H and O–H groups in total. The van der Waals surface area contributed by atoms with E-state index >= 15 is 0 Å². The summed E-state index contributed by atoms with van der Waals surface area (Å²) in [5.74, 6) is 0.245. The number of halogens is 1. The summed E-state index contributed by atoms with van der Waals surface area (Å²) in [6, 6.07) is 8.11. The van der Waals surface area contributed by atoms with Crippen molar-refractivity contribution in [3.05, 3.63) is 34.3 Å². The Bertz CT molecular complexity index is 388. The highest BCUT2D eigenvalue weighted by Crippen LogP contribution is 2.25. The van der Waals surface area contributed by atoms with Gasteiger partial charge in [-0.2, -0.15) is 0 Å². The molecule has 0 saturated heterocycles. The Kier molecular flexibility index (Phi) is 3.61. The van der Waals surface area contributed by atoms with Gasteiger partial charge in [-0.25, -0.2) is 0 Å². The quantitative estimate of drug-likeness (QED) is 0.888. The summed E-state index contributed by atoms with van der Waals surface area (Å²) < 4.78 is 1.03. The Hall–Kier alpha value is -0.870. The van der Waals surface area contributed by atoms with Crippen molar-refractivity contribution in [2.75, 3.05) is 0 Å². The van der Waals surface area contributed by atoms with Crippen LogP contribution < -0.4 is 11.1 Å². The Balaban J connectivity index is 1.83. The normalized spacial score (nSPS) is 23.6. The van der Waals surface area contributed by atoms with Crippen molar-refractivity contribution in [2.24, 2.45) is 11.7 Å². The van der Waals surface area contributed by atoms with Gasteiger partial charge >= 0.3 is 0 Å². The van der Waals surface area contributed by atoms with Crippen LogP contribution in [0.25, 0.3) is 0 Å². The van der Waals surface area contributed by atoms with E-state index in [1.54, 1.807) is 0 Å². The Morgan fingerprint density at radius 1 is 1.44 bits per heavy atom. The Labute approximate surface area is 104 Å². The first-order valence-corrected chi connectivity index (χ1v) is 6.23. The number of carbonyl (C=O) groups excluding carboxylic acids is 1. The Morgan fingerprint density at radius 2 is 2.12 bits per heavy atom. The third-order valence-electron chi connectivity index (χ3n) is 2.96. The zero-order valence-corrected chi connectivity index (χ0v) is 10.5. The number of benzene rings is 1. The second-order valence-corrected chi connectivity index (χ2v) is 5.09. The second-order valence-electron chi connectivity index (χ2n) is 4.24. The summed E-state index contributed by atoms with van der Waals surface area (Å²) in [5, 5.41) is 2.94. The molecule has 86 valence electrons.